The molecular formula is C9H17. The zero-order valence-corrected chi connectivity index (χ0v) is 6.83. The van der Waals surface area contributed by atoms with Gasteiger partial charge in [-0.1, -0.05) is 33.6 Å². The summed E-state index contributed by atoms with van der Waals surface area (Å²) in [5.41, 5.74) is 0.554. The van der Waals surface area contributed by atoms with Crippen molar-refractivity contribution in [1.29, 1.82) is 0 Å². The zero-order chi connectivity index (χ0) is 6.91. The Morgan fingerprint density at radius 2 is 1.89 bits per heavy atom. The standard InChI is InChI=1S/C9H17/c1-8-6-4-5-7-9(8,2)3/h4-7H2,1-3H3. The molecule has 0 heterocycles. The van der Waals surface area contributed by atoms with Gasteiger partial charge in [-0.2, -0.15) is 0 Å². The summed E-state index contributed by atoms with van der Waals surface area (Å²) in [5.74, 6) is 1.70. The second-order valence-corrected chi connectivity index (χ2v) is 3.87. The molecule has 1 rings (SSSR count). The fourth-order valence-corrected chi connectivity index (χ4v) is 1.51. The van der Waals surface area contributed by atoms with Crippen LogP contribution >= 0.6 is 0 Å². The summed E-state index contributed by atoms with van der Waals surface area (Å²) in [6, 6.07) is 0. The molecule has 0 atom stereocenters. The van der Waals surface area contributed by atoms with E-state index in [-0.39, 0.29) is 0 Å². The van der Waals surface area contributed by atoms with Crippen LogP contribution in [0.25, 0.3) is 0 Å². The average molecular weight is 125 g/mol. The molecule has 53 valence electrons. The van der Waals surface area contributed by atoms with Crippen molar-refractivity contribution in [2.24, 2.45) is 5.41 Å². The van der Waals surface area contributed by atoms with Crippen molar-refractivity contribution in [3.63, 3.8) is 0 Å². The first-order valence-corrected chi connectivity index (χ1v) is 3.96. The quantitative estimate of drug-likeness (QED) is 0.466. The van der Waals surface area contributed by atoms with Crippen LogP contribution in [-0.2, 0) is 0 Å². The van der Waals surface area contributed by atoms with Gasteiger partial charge in [0.1, 0.15) is 0 Å². The molecule has 0 aliphatic heterocycles. The summed E-state index contributed by atoms with van der Waals surface area (Å²) in [5, 5.41) is 0. The molecule has 1 aliphatic carbocycles. The van der Waals surface area contributed by atoms with Gasteiger partial charge in [-0.15, -0.1) is 0 Å². The molecule has 0 aromatic carbocycles. The fourth-order valence-electron chi connectivity index (χ4n) is 1.51. The van der Waals surface area contributed by atoms with Gasteiger partial charge in [-0.3, -0.25) is 0 Å². The lowest BCUT2D eigenvalue weighted by Gasteiger charge is -2.35. The Kier molecular flexibility index (Phi) is 1.83. The molecule has 0 saturated heterocycles. The van der Waals surface area contributed by atoms with Crippen molar-refractivity contribution < 1.29 is 0 Å². The first-order chi connectivity index (χ1) is 4.13. The second-order valence-electron chi connectivity index (χ2n) is 3.87. The van der Waals surface area contributed by atoms with Gasteiger partial charge in [0.25, 0.3) is 0 Å². The van der Waals surface area contributed by atoms with Crippen molar-refractivity contribution in [2.45, 2.75) is 46.5 Å². The molecule has 0 bridgehead atoms. The van der Waals surface area contributed by atoms with Gasteiger partial charge >= 0.3 is 0 Å². The van der Waals surface area contributed by atoms with Crippen LogP contribution < -0.4 is 0 Å². The van der Waals surface area contributed by atoms with E-state index in [0.717, 1.165) is 0 Å². The van der Waals surface area contributed by atoms with Crippen LogP contribution in [0.4, 0.5) is 0 Å². The third kappa shape index (κ3) is 1.47. The third-order valence-corrected chi connectivity index (χ3v) is 2.76. The molecule has 0 spiro atoms. The van der Waals surface area contributed by atoms with Crippen LogP contribution in [0.15, 0.2) is 0 Å². The minimum Gasteiger partial charge on any atom is -0.0594 e. The molecule has 0 N–H and O–H groups in total. The van der Waals surface area contributed by atoms with Gasteiger partial charge in [0.05, 0.1) is 0 Å². The maximum Gasteiger partial charge on any atom is -0.0216 e. The molecular weight excluding hydrogens is 108 g/mol. The van der Waals surface area contributed by atoms with Gasteiger partial charge in [0.2, 0.25) is 0 Å². The number of hydrogen-bond donors (Lipinski definition) is 0. The fraction of sp³-hybridized carbons (Fsp3) is 0.889. The largest absolute Gasteiger partial charge is 0.0594 e. The lowest BCUT2D eigenvalue weighted by molar-refractivity contribution is 0.283. The summed E-state index contributed by atoms with van der Waals surface area (Å²) in [6.07, 6.45) is 5.63. The monoisotopic (exact) mass is 125 g/mol. The Hall–Kier alpha value is 0. The summed E-state index contributed by atoms with van der Waals surface area (Å²) in [6.45, 7) is 7.03. The summed E-state index contributed by atoms with van der Waals surface area (Å²) in [7, 11) is 0. The molecule has 1 aliphatic rings. The maximum atomic E-state index is 2.36. The molecule has 0 aromatic rings. The Bertz CT molecular complexity index is 92.2. The molecule has 1 saturated carbocycles. The lowest BCUT2D eigenvalue weighted by Crippen LogP contribution is -2.23. The third-order valence-electron chi connectivity index (χ3n) is 2.76. The van der Waals surface area contributed by atoms with Crippen molar-refractivity contribution in [3.05, 3.63) is 5.92 Å². The summed E-state index contributed by atoms with van der Waals surface area (Å²) in [4.78, 5) is 0. The first-order valence-electron chi connectivity index (χ1n) is 3.96. The average Bonchev–Trinajstić information content (AvgIpc) is 1.77. The van der Waals surface area contributed by atoms with Crippen LogP contribution in [-0.4, -0.2) is 0 Å². The normalized spacial score (nSPS) is 28.3. The Balaban J connectivity index is 2.49. The van der Waals surface area contributed by atoms with Gasteiger partial charge in [0, 0.05) is 0 Å². The van der Waals surface area contributed by atoms with Crippen LogP contribution in [0.1, 0.15) is 46.5 Å². The van der Waals surface area contributed by atoms with Crippen molar-refractivity contribution >= 4 is 0 Å². The van der Waals surface area contributed by atoms with Crippen LogP contribution in [0, 0.1) is 11.3 Å². The first kappa shape index (κ1) is 7.11. The van der Waals surface area contributed by atoms with E-state index in [0.29, 0.717) is 5.41 Å². The molecule has 0 unspecified atom stereocenters. The number of rotatable bonds is 0. The van der Waals surface area contributed by atoms with E-state index in [1.807, 2.05) is 0 Å². The van der Waals surface area contributed by atoms with Gasteiger partial charge in [-0.05, 0) is 24.2 Å². The molecule has 0 nitrogen and oxygen atoms in total. The highest BCUT2D eigenvalue weighted by atomic mass is 14.3. The van der Waals surface area contributed by atoms with E-state index in [9.17, 15) is 0 Å². The van der Waals surface area contributed by atoms with Crippen molar-refractivity contribution in [2.75, 3.05) is 0 Å². The van der Waals surface area contributed by atoms with E-state index in [4.69, 9.17) is 0 Å². The Labute approximate surface area is 58.7 Å². The Morgan fingerprint density at radius 1 is 1.22 bits per heavy atom. The van der Waals surface area contributed by atoms with E-state index in [2.05, 4.69) is 20.8 Å². The smallest absolute Gasteiger partial charge is 0.0216 e. The van der Waals surface area contributed by atoms with E-state index in [1.54, 1.807) is 5.92 Å². The van der Waals surface area contributed by atoms with Crippen molar-refractivity contribution in [1.82, 2.24) is 0 Å². The Morgan fingerprint density at radius 3 is 2.22 bits per heavy atom. The predicted molar refractivity (Wildman–Crippen MR) is 41.2 cm³/mol. The molecule has 0 heteroatoms. The van der Waals surface area contributed by atoms with Gasteiger partial charge in [0.15, 0.2) is 0 Å². The highest BCUT2D eigenvalue weighted by Crippen LogP contribution is 2.41. The summed E-state index contributed by atoms with van der Waals surface area (Å²) < 4.78 is 0. The topological polar surface area (TPSA) is 0 Å². The van der Waals surface area contributed by atoms with Crippen LogP contribution in [0.2, 0.25) is 0 Å². The number of hydrogen-bond acceptors (Lipinski definition) is 0. The second kappa shape index (κ2) is 2.32. The highest BCUT2D eigenvalue weighted by molar-refractivity contribution is 5.01. The van der Waals surface area contributed by atoms with Crippen LogP contribution in [0.3, 0.4) is 0 Å². The maximum absolute atomic E-state index is 2.36. The highest BCUT2D eigenvalue weighted by Gasteiger charge is 2.28. The van der Waals surface area contributed by atoms with Gasteiger partial charge < -0.3 is 0 Å². The van der Waals surface area contributed by atoms with Crippen LogP contribution in [0.5, 0.6) is 0 Å². The zero-order valence-electron chi connectivity index (χ0n) is 6.83. The lowest BCUT2D eigenvalue weighted by atomic mass is 9.70. The minimum absolute atomic E-state index is 0.554. The van der Waals surface area contributed by atoms with E-state index in [1.165, 1.54) is 25.7 Å². The van der Waals surface area contributed by atoms with Gasteiger partial charge in [-0.25, -0.2) is 0 Å². The summed E-state index contributed by atoms with van der Waals surface area (Å²) >= 11 is 0. The van der Waals surface area contributed by atoms with E-state index >= 15 is 0 Å². The molecule has 1 radical (unpaired) electrons. The van der Waals surface area contributed by atoms with Crippen molar-refractivity contribution in [3.8, 4) is 0 Å². The predicted octanol–water partition coefficient (Wildman–Crippen LogP) is 3.18. The molecule has 1 fully saturated rings. The van der Waals surface area contributed by atoms with E-state index < -0.39 is 0 Å². The molecule has 9 heavy (non-hydrogen) atoms. The molecule has 0 aromatic heterocycles. The SMILES string of the molecule is C[C]1CCCCC1(C)C. The minimum atomic E-state index is 0.554. The molecule has 0 amide bonds.